The molecule has 3 aromatic rings. The van der Waals surface area contributed by atoms with Crippen LogP contribution in [0.2, 0.25) is 0 Å². The number of carbonyl (C=O) groups excluding carboxylic acids is 6. The molecule has 6 rings (SSSR count). The van der Waals surface area contributed by atoms with Crippen LogP contribution in [0.4, 0.5) is 13.2 Å². The van der Waals surface area contributed by atoms with Gasteiger partial charge in [-0.15, -0.1) is 0 Å². The minimum Gasteiger partial charge on any atom is -0.488 e. The van der Waals surface area contributed by atoms with Crippen molar-refractivity contribution in [3.8, 4) is 5.75 Å². The minimum atomic E-state index is -4.60. The predicted octanol–water partition coefficient (Wildman–Crippen LogP) is 4.43. The number of likely N-dealkylation sites (tertiary alicyclic amines) is 1. The first-order valence-corrected chi connectivity index (χ1v) is 20.9. The van der Waals surface area contributed by atoms with Crippen LogP contribution in [0.25, 0.3) is 10.9 Å². The van der Waals surface area contributed by atoms with Crippen LogP contribution in [0.15, 0.2) is 49.1 Å². The summed E-state index contributed by atoms with van der Waals surface area (Å²) in [6.07, 6.45) is 5.88. The first-order chi connectivity index (χ1) is 28.9. The van der Waals surface area contributed by atoms with Gasteiger partial charge < -0.3 is 30.9 Å². The van der Waals surface area contributed by atoms with Gasteiger partial charge in [-0.3, -0.25) is 38.7 Å². The van der Waals surface area contributed by atoms with E-state index in [1.165, 1.54) is 41.8 Å². The van der Waals surface area contributed by atoms with Gasteiger partial charge in [0.15, 0.2) is 0 Å². The summed E-state index contributed by atoms with van der Waals surface area (Å²) in [7, 11) is 0. The highest BCUT2D eigenvalue weighted by molar-refractivity contribution is 6.38. The lowest BCUT2D eigenvalue weighted by Crippen LogP contribution is -2.62. The van der Waals surface area contributed by atoms with E-state index in [0.717, 1.165) is 44.2 Å². The first kappa shape index (κ1) is 44.9. The molecule has 3 fully saturated rings. The molecule has 61 heavy (non-hydrogen) atoms. The Kier molecular flexibility index (Phi) is 13.9. The van der Waals surface area contributed by atoms with E-state index in [1.54, 1.807) is 27.7 Å². The Hall–Kier alpha value is -5.68. The van der Waals surface area contributed by atoms with Crippen LogP contribution in [0.5, 0.6) is 5.75 Å². The first-order valence-electron chi connectivity index (χ1n) is 20.9. The Labute approximate surface area is 351 Å². The largest absolute Gasteiger partial charge is 0.488 e. The number of benzene rings is 1. The molecule has 2 aliphatic carbocycles. The van der Waals surface area contributed by atoms with Gasteiger partial charge in [0, 0.05) is 36.4 Å². The number of fused-ring (bicyclic) bond motifs is 1. The highest BCUT2D eigenvalue weighted by atomic mass is 19.4. The quantitative estimate of drug-likeness (QED) is 0.159. The molecule has 4 N–H and O–H groups in total. The average molecular weight is 851 g/mol. The summed E-state index contributed by atoms with van der Waals surface area (Å²) in [5.41, 5.74) is -1.80. The molecule has 1 saturated heterocycles. The molecule has 328 valence electrons. The van der Waals surface area contributed by atoms with Crippen LogP contribution < -0.4 is 26.0 Å². The number of amides is 5. The van der Waals surface area contributed by atoms with Crippen molar-refractivity contribution in [1.82, 2.24) is 41.1 Å². The standard InChI is InChI=1S/C43H53F3N8O7/c1-5-9-29(35(55)40(59)50-26-13-14-26)51-38(57)32-21-27(61-33-16-17-48-30-20-25(43(44,45)46)12-15-28(30)33)23-54(32)41(60)36(42(2,3)4)53-39(58)34(24-10-7-6-8-11-24)52-37(56)31-22-47-18-19-49-31/h12,15-20,22,24,26-27,29,32,34,36H,5-11,13-14,21,23H2,1-4H3,(H,50,59)(H,51,57)(H,52,56)(H,53,58)/t27-,29+,32+,34+,36-/m1/s1. The minimum absolute atomic E-state index is 0.0177. The van der Waals surface area contributed by atoms with Crippen molar-refractivity contribution in [1.29, 1.82) is 0 Å². The Balaban J connectivity index is 1.29. The number of hydrogen-bond donors (Lipinski definition) is 4. The fraction of sp³-hybridized carbons (Fsp3) is 0.558. The van der Waals surface area contributed by atoms with Crippen LogP contribution in [-0.4, -0.2) is 98.0 Å². The van der Waals surface area contributed by atoms with Crippen molar-refractivity contribution in [2.24, 2.45) is 11.3 Å². The second kappa shape index (κ2) is 18.9. The van der Waals surface area contributed by atoms with Crippen molar-refractivity contribution in [2.75, 3.05) is 6.54 Å². The number of nitrogens with one attached hydrogen (secondary N) is 4. The van der Waals surface area contributed by atoms with Gasteiger partial charge in [0.05, 0.1) is 29.9 Å². The molecule has 0 spiro atoms. The predicted molar refractivity (Wildman–Crippen MR) is 216 cm³/mol. The van der Waals surface area contributed by atoms with Crippen molar-refractivity contribution in [3.05, 3.63) is 60.3 Å². The van der Waals surface area contributed by atoms with Crippen molar-refractivity contribution >= 4 is 46.2 Å². The maximum absolute atomic E-state index is 14.9. The second-order valence-electron chi connectivity index (χ2n) is 17.2. The van der Waals surface area contributed by atoms with Gasteiger partial charge in [-0.05, 0) is 67.7 Å². The van der Waals surface area contributed by atoms with Gasteiger partial charge in [0.25, 0.3) is 11.8 Å². The summed E-state index contributed by atoms with van der Waals surface area (Å²) in [6.45, 7) is 6.85. The number of ketones is 1. The SMILES string of the molecule is CCC[C@H](NC(=O)[C@@H]1C[C@@H](Oc2ccnc3cc(C(F)(F)F)ccc23)CN1C(=O)[C@@H](NC(=O)[C@@H](NC(=O)c1cnccn1)C1CCCCC1)C(C)(C)C)C(=O)C(=O)NC1CC1. The Morgan fingerprint density at radius 1 is 0.902 bits per heavy atom. The second-order valence-corrected chi connectivity index (χ2v) is 17.2. The zero-order valence-electron chi connectivity index (χ0n) is 34.7. The topological polar surface area (TPSA) is 202 Å². The fourth-order valence-corrected chi connectivity index (χ4v) is 7.97. The van der Waals surface area contributed by atoms with Gasteiger partial charge in [0.2, 0.25) is 23.5 Å². The van der Waals surface area contributed by atoms with E-state index in [1.807, 2.05) is 0 Å². The number of Topliss-reactive ketones (excluding diaryl/α,β-unsaturated/α-hetero) is 1. The van der Waals surface area contributed by atoms with E-state index in [2.05, 4.69) is 36.2 Å². The van der Waals surface area contributed by atoms with Gasteiger partial charge in [-0.2, -0.15) is 13.2 Å². The van der Waals surface area contributed by atoms with Gasteiger partial charge in [-0.25, -0.2) is 4.98 Å². The monoisotopic (exact) mass is 850 g/mol. The van der Waals surface area contributed by atoms with E-state index in [-0.39, 0.29) is 53.7 Å². The molecule has 3 heterocycles. The molecule has 0 unspecified atom stereocenters. The van der Waals surface area contributed by atoms with E-state index >= 15 is 0 Å². The van der Waals surface area contributed by atoms with Crippen molar-refractivity contribution < 1.29 is 46.7 Å². The third kappa shape index (κ3) is 11.2. The highest BCUT2D eigenvalue weighted by Gasteiger charge is 2.47. The number of aromatic nitrogens is 3. The molecular formula is C43H53F3N8O7. The number of halogens is 3. The van der Waals surface area contributed by atoms with Crippen LogP contribution in [-0.2, 0) is 30.1 Å². The molecule has 3 aliphatic rings. The van der Waals surface area contributed by atoms with E-state index in [9.17, 15) is 41.9 Å². The number of hydrogen-bond acceptors (Lipinski definition) is 10. The zero-order valence-corrected chi connectivity index (χ0v) is 34.7. The van der Waals surface area contributed by atoms with Gasteiger partial charge >= 0.3 is 6.18 Å². The molecular weight excluding hydrogens is 798 g/mol. The maximum atomic E-state index is 14.9. The van der Waals surface area contributed by atoms with Crippen LogP contribution in [0, 0.1) is 11.3 Å². The summed E-state index contributed by atoms with van der Waals surface area (Å²) in [5, 5.41) is 11.4. The summed E-state index contributed by atoms with van der Waals surface area (Å²) >= 11 is 0. The number of rotatable bonds is 15. The summed E-state index contributed by atoms with van der Waals surface area (Å²) < 4.78 is 47.0. The third-order valence-corrected chi connectivity index (χ3v) is 11.4. The fourth-order valence-electron chi connectivity index (χ4n) is 7.97. The molecule has 2 saturated carbocycles. The van der Waals surface area contributed by atoms with Crippen molar-refractivity contribution in [2.45, 2.75) is 134 Å². The Morgan fingerprint density at radius 3 is 2.28 bits per heavy atom. The number of alkyl halides is 3. The van der Waals surface area contributed by atoms with Crippen LogP contribution >= 0.6 is 0 Å². The van der Waals surface area contributed by atoms with Crippen LogP contribution in [0.3, 0.4) is 0 Å². The number of carbonyl (C=O) groups is 6. The summed E-state index contributed by atoms with van der Waals surface area (Å²) in [4.78, 5) is 96.4. The molecule has 2 aromatic heterocycles. The van der Waals surface area contributed by atoms with Gasteiger partial charge in [-0.1, -0.05) is 53.4 Å². The Bertz CT molecular complexity index is 2100. The highest BCUT2D eigenvalue weighted by Crippen LogP contribution is 2.35. The molecule has 0 radical (unpaired) electrons. The lowest BCUT2D eigenvalue weighted by atomic mass is 9.82. The molecule has 5 amide bonds. The van der Waals surface area contributed by atoms with E-state index < -0.39 is 82.7 Å². The Morgan fingerprint density at radius 2 is 1.64 bits per heavy atom. The normalized spacial score (nSPS) is 20.0. The molecule has 1 aliphatic heterocycles. The molecule has 0 bridgehead atoms. The average Bonchev–Trinajstić information content (AvgIpc) is 3.95. The smallest absolute Gasteiger partial charge is 0.416 e. The van der Waals surface area contributed by atoms with E-state index in [0.29, 0.717) is 19.3 Å². The lowest BCUT2D eigenvalue weighted by Gasteiger charge is -2.37. The third-order valence-electron chi connectivity index (χ3n) is 11.4. The van der Waals surface area contributed by atoms with Crippen molar-refractivity contribution in [3.63, 3.8) is 0 Å². The molecule has 18 heteroatoms. The van der Waals surface area contributed by atoms with Crippen LogP contribution in [0.1, 0.15) is 108 Å². The number of ether oxygens (including phenoxy) is 1. The lowest BCUT2D eigenvalue weighted by molar-refractivity contribution is -0.145. The van der Waals surface area contributed by atoms with E-state index in [4.69, 9.17) is 4.74 Å². The van der Waals surface area contributed by atoms with Gasteiger partial charge in [0.1, 0.15) is 35.7 Å². The number of nitrogens with zero attached hydrogens (tertiary/aromatic N) is 4. The molecule has 15 nitrogen and oxygen atoms in total. The number of pyridine rings is 1. The molecule has 5 atom stereocenters. The maximum Gasteiger partial charge on any atom is 0.416 e. The molecule has 1 aromatic carbocycles. The summed E-state index contributed by atoms with van der Waals surface area (Å²) in [5.74, 6) is -4.26. The summed E-state index contributed by atoms with van der Waals surface area (Å²) in [6, 6.07) is -0.275. The zero-order chi connectivity index (χ0) is 44.1.